The van der Waals surface area contributed by atoms with Gasteiger partial charge in [0.2, 0.25) is 0 Å². The molecule has 3 nitrogen and oxygen atoms in total. The fourth-order valence-corrected chi connectivity index (χ4v) is 4.19. The van der Waals surface area contributed by atoms with Crippen molar-refractivity contribution in [2.75, 3.05) is 26.7 Å². The highest BCUT2D eigenvalue weighted by Crippen LogP contribution is 2.27. The lowest BCUT2D eigenvalue weighted by molar-refractivity contribution is 0.187. The molecule has 0 aromatic rings. The van der Waals surface area contributed by atoms with E-state index in [9.17, 15) is 0 Å². The van der Waals surface area contributed by atoms with Gasteiger partial charge in [-0.2, -0.15) is 0 Å². The van der Waals surface area contributed by atoms with Crippen LogP contribution in [0, 0.1) is 11.8 Å². The minimum absolute atomic E-state index is 0.616. The smallest absolute Gasteiger partial charge is 0.157 e. The molecule has 2 rings (SSSR count). The molecule has 1 N–H and O–H groups in total. The molecule has 1 fully saturated rings. The number of thioether (sulfide) groups is 1. The molecule has 0 aliphatic carbocycles. The lowest BCUT2D eigenvalue weighted by atomic mass is 9.94. The van der Waals surface area contributed by atoms with Gasteiger partial charge in [-0.15, -0.1) is 0 Å². The van der Waals surface area contributed by atoms with Gasteiger partial charge in [-0.05, 0) is 38.3 Å². The quantitative estimate of drug-likeness (QED) is 0.853. The molecule has 18 heavy (non-hydrogen) atoms. The lowest BCUT2D eigenvalue weighted by Gasteiger charge is -2.35. The van der Waals surface area contributed by atoms with E-state index in [2.05, 4.69) is 43.0 Å². The molecule has 0 spiro atoms. The summed E-state index contributed by atoms with van der Waals surface area (Å²) in [5.74, 6) is 1.50. The van der Waals surface area contributed by atoms with Crippen molar-refractivity contribution in [2.24, 2.45) is 16.8 Å². The fourth-order valence-electron chi connectivity index (χ4n) is 2.87. The molecule has 0 aromatic heterocycles. The lowest BCUT2D eigenvalue weighted by Crippen LogP contribution is -2.48. The van der Waals surface area contributed by atoms with Gasteiger partial charge >= 0.3 is 0 Å². The van der Waals surface area contributed by atoms with Crippen molar-refractivity contribution in [3.05, 3.63) is 0 Å². The molecule has 2 heterocycles. The Morgan fingerprint density at radius 2 is 2.28 bits per heavy atom. The molecule has 2 aliphatic rings. The van der Waals surface area contributed by atoms with Crippen LogP contribution in [0.5, 0.6) is 0 Å². The number of hydrogen-bond donors (Lipinski definition) is 1. The predicted octanol–water partition coefficient (Wildman–Crippen LogP) is 2.43. The van der Waals surface area contributed by atoms with Crippen LogP contribution in [-0.4, -0.2) is 48.0 Å². The largest absolute Gasteiger partial charge is 0.362 e. The Hall–Kier alpha value is -0.220. The molecule has 3 atom stereocenters. The van der Waals surface area contributed by atoms with Gasteiger partial charge in [-0.25, -0.2) is 0 Å². The summed E-state index contributed by atoms with van der Waals surface area (Å²) < 4.78 is 0. The van der Waals surface area contributed by atoms with Crippen molar-refractivity contribution in [3.63, 3.8) is 0 Å². The van der Waals surface area contributed by atoms with Crippen molar-refractivity contribution in [1.29, 1.82) is 0 Å². The van der Waals surface area contributed by atoms with Crippen molar-refractivity contribution < 1.29 is 0 Å². The van der Waals surface area contributed by atoms with E-state index in [4.69, 9.17) is 0 Å². The van der Waals surface area contributed by atoms with Crippen LogP contribution < -0.4 is 5.32 Å². The van der Waals surface area contributed by atoms with Crippen LogP contribution in [0.1, 0.15) is 33.6 Å². The van der Waals surface area contributed by atoms with Gasteiger partial charge in [0.15, 0.2) is 5.17 Å². The number of likely N-dealkylation sites (tertiary alicyclic amines) is 1. The first kappa shape index (κ1) is 14.2. The van der Waals surface area contributed by atoms with Gasteiger partial charge in [0, 0.05) is 17.8 Å². The van der Waals surface area contributed by atoms with Gasteiger partial charge < -0.3 is 10.2 Å². The average molecular weight is 269 g/mol. The SMILES string of the molecule is CC(C)CC1CN=C(NC2CCN(C)CC2C)S1. The van der Waals surface area contributed by atoms with Crippen LogP contribution in [0.3, 0.4) is 0 Å². The number of nitrogens with one attached hydrogen (secondary N) is 1. The van der Waals surface area contributed by atoms with Crippen molar-refractivity contribution in [1.82, 2.24) is 10.2 Å². The van der Waals surface area contributed by atoms with E-state index in [1.807, 2.05) is 11.8 Å². The summed E-state index contributed by atoms with van der Waals surface area (Å²) >= 11 is 1.96. The molecule has 0 amide bonds. The highest BCUT2D eigenvalue weighted by molar-refractivity contribution is 8.14. The van der Waals surface area contributed by atoms with Crippen LogP contribution in [0.15, 0.2) is 4.99 Å². The third kappa shape index (κ3) is 3.89. The summed E-state index contributed by atoms with van der Waals surface area (Å²) in [6.07, 6.45) is 2.52. The third-order valence-electron chi connectivity index (χ3n) is 3.87. The maximum atomic E-state index is 4.67. The Balaban J connectivity index is 1.77. The molecular formula is C14H27N3S. The van der Waals surface area contributed by atoms with Crippen LogP contribution in [0.4, 0.5) is 0 Å². The topological polar surface area (TPSA) is 27.6 Å². The number of amidine groups is 1. The molecule has 1 saturated heterocycles. The molecule has 3 unspecified atom stereocenters. The maximum Gasteiger partial charge on any atom is 0.157 e. The van der Waals surface area contributed by atoms with Gasteiger partial charge in [0.05, 0.1) is 6.54 Å². The van der Waals surface area contributed by atoms with Crippen molar-refractivity contribution in [3.8, 4) is 0 Å². The summed E-state index contributed by atoms with van der Waals surface area (Å²) in [6.45, 7) is 10.3. The minimum Gasteiger partial charge on any atom is -0.362 e. The second kappa shape index (κ2) is 6.29. The Morgan fingerprint density at radius 3 is 2.94 bits per heavy atom. The zero-order chi connectivity index (χ0) is 13.1. The number of hydrogen-bond acceptors (Lipinski definition) is 4. The summed E-state index contributed by atoms with van der Waals surface area (Å²) in [6, 6.07) is 0.616. The predicted molar refractivity (Wildman–Crippen MR) is 81.3 cm³/mol. The Bertz CT molecular complexity index is 303. The average Bonchev–Trinajstić information content (AvgIpc) is 2.69. The first-order valence-corrected chi connectivity index (χ1v) is 8.08. The molecule has 2 aliphatic heterocycles. The van der Waals surface area contributed by atoms with Gasteiger partial charge in [0.1, 0.15) is 0 Å². The molecule has 0 radical (unpaired) electrons. The van der Waals surface area contributed by atoms with E-state index in [0.717, 1.165) is 18.4 Å². The first-order valence-electron chi connectivity index (χ1n) is 7.20. The van der Waals surface area contributed by atoms with E-state index in [0.29, 0.717) is 11.3 Å². The van der Waals surface area contributed by atoms with Crippen LogP contribution >= 0.6 is 11.8 Å². The van der Waals surface area contributed by atoms with E-state index in [1.165, 1.54) is 31.1 Å². The molecule has 0 saturated carbocycles. The number of piperidine rings is 1. The Labute approximate surface area is 116 Å². The van der Waals surface area contributed by atoms with E-state index >= 15 is 0 Å². The number of aliphatic imine (C=N–C) groups is 1. The van der Waals surface area contributed by atoms with Crippen LogP contribution in [0.2, 0.25) is 0 Å². The normalized spacial score (nSPS) is 33.8. The van der Waals surface area contributed by atoms with Crippen molar-refractivity contribution >= 4 is 16.9 Å². The van der Waals surface area contributed by atoms with Crippen LogP contribution in [0.25, 0.3) is 0 Å². The summed E-state index contributed by atoms with van der Waals surface area (Å²) in [7, 11) is 2.22. The molecule has 0 aromatic carbocycles. The maximum absolute atomic E-state index is 4.67. The summed E-state index contributed by atoms with van der Waals surface area (Å²) in [5, 5.41) is 5.58. The number of nitrogens with zero attached hydrogens (tertiary/aromatic N) is 2. The molecular weight excluding hydrogens is 242 g/mol. The van der Waals surface area contributed by atoms with Gasteiger partial charge in [0.25, 0.3) is 0 Å². The zero-order valence-electron chi connectivity index (χ0n) is 12.1. The van der Waals surface area contributed by atoms with E-state index in [1.54, 1.807) is 0 Å². The molecule has 104 valence electrons. The monoisotopic (exact) mass is 269 g/mol. The number of rotatable bonds is 3. The van der Waals surface area contributed by atoms with E-state index < -0.39 is 0 Å². The molecule has 0 bridgehead atoms. The van der Waals surface area contributed by atoms with Gasteiger partial charge in [-0.1, -0.05) is 32.5 Å². The minimum atomic E-state index is 0.616. The Morgan fingerprint density at radius 1 is 1.50 bits per heavy atom. The van der Waals surface area contributed by atoms with Crippen molar-refractivity contribution in [2.45, 2.75) is 44.9 Å². The fraction of sp³-hybridized carbons (Fsp3) is 0.929. The van der Waals surface area contributed by atoms with Gasteiger partial charge in [-0.3, -0.25) is 4.99 Å². The van der Waals surface area contributed by atoms with Crippen LogP contribution in [-0.2, 0) is 0 Å². The third-order valence-corrected chi connectivity index (χ3v) is 5.01. The molecule has 4 heteroatoms. The second-order valence-corrected chi connectivity index (χ2v) is 7.58. The zero-order valence-corrected chi connectivity index (χ0v) is 13.0. The standard InChI is InChI=1S/C14H27N3S/c1-10(2)7-12-8-15-14(18-12)16-13-5-6-17(4)9-11(13)3/h10-13H,5-9H2,1-4H3,(H,15,16). The Kier molecular flexibility index (Phi) is 4.96. The summed E-state index contributed by atoms with van der Waals surface area (Å²) in [4.78, 5) is 7.10. The first-order chi connectivity index (χ1) is 8.54. The highest BCUT2D eigenvalue weighted by Gasteiger charge is 2.27. The second-order valence-electron chi connectivity index (χ2n) is 6.29. The highest BCUT2D eigenvalue weighted by atomic mass is 32.2. The summed E-state index contributed by atoms with van der Waals surface area (Å²) in [5.41, 5.74) is 0. The van der Waals surface area contributed by atoms with E-state index in [-0.39, 0.29) is 0 Å².